The van der Waals surface area contributed by atoms with Crippen LogP contribution in [0.1, 0.15) is 46.0 Å². The number of ketones is 1. The Hall–Kier alpha value is -1.76. The Labute approximate surface area is 113 Å². The summed E-state index contributed by atoms with van der Waals surface area (Å²) < 4.78 is 5.52. The Morgan fingerprint density at radius 1 is 1.53 bits per heavy atom. The Morgan fingerprint density at radius 2 is 2.26 bits per heavy atom. The first-order chi connectivity index (χ1) is 9.10. The highest BCUT2D eigenvalue weighted by Gasteiger charge is 2.39. The van der Waals surface area contributed by atoms with E-state index in [0.717, 1.165) is 25.7 Å². The van der Waals surface area contributed by atoms with Gasteiger partial charge in [-0.2, -0.15) is 5.26 Å². The summed E-state index contributed by atoms with van der Waals surface area (Å²) in [5, 5.41) is 9.32. The van der Waals surface area contributed by atoms with Crippen molar-refractivity contribution in [3.63, 3.8) is 0 Å². The highest BCUT2D eigenvalue weighted by Crippen LogP contribution is 2.42. The number of Topliss-reactive ketones (excluding diaryl/α,β-unsaturated/α-hetero) is 1. The van der Waals surface area contributed by atoms with Crippen LogP contribution in [-0.4, -0.2) is 5.78 Å². The minimum Gasteiger partial charge on any atom is -0.444 e. The molecule has 1 heterocycles. The molecule has 0 amide bonds. The number of allylic oxidation sites excluding steroid dienone is 3. The molecule has 1 aliphatic carbocycles. The second-order valence-electron chi connectivity index (χ2n) is 5.35. The minimum absolute atomic E-state index is 0.120. The average molecular weight is 260 g/mol. The SMILES string of the molecule is CCCC(C)C1C(C#N)=C(N)OC2=C1C(=O)CCC2. The number of nitriles is 1. The topological polar surface area (TPSA) is 76.1 Å². The number of carbonyl (C=O) groups is 1. The highest BCUT2D eigenvalue weighted by molar-refractivity contribution is 5.98. The maximum Gasteiger partial charge on any atom is 0.204 e. The van der Waals surface area contributed by atoms with Crippen molar-refractivity contribution in [2.24, 2.45) is 17.6 Å². The van der Waals surface area contributed by atoms with Gasteiger partial charge in [-0.05, 0) is 12.3 Å². The van der Waals surface area contributed by atoms with Crippen molar-refractivity contribution in [1.82, 2.24) is 0 Å². The van der Waals surface area contributed by atoms with E-state index in [-0.39, 0.29) is 23.5 Å². The molecule has 0 bridgehead atoms. The van der Waals surface area contributed by atoms with Gasteiger partial charge in [-0.15, -0.1) is 0 Å². The molecule has 0 spiro atoms. The van der Waals surface area contributed by atoms with Gasteiger partial charge in [0.2, 0.25) is 5.88 Å². The molecule has 1 aliphatic heterocycles. The van der Waals surface area contributed by atoms with Crippen LogP contribution in [0.3, 0.4) is 0 Å². The van der Waals surface area contributed by atoms with Gasteiger partial charge in [0.05, 0.1) is 5.57 Å². The second-order valence-corrected chi connectivity index (χ2v) is 5.35. The molecule has 0 saturated heterocycles. The van der Waals surface area contributed by atoms with E-state index in [4.69, 9.17) is 10.5 Å². The van der Waals surface area contributed by atoms with E-state index in [1.807, 2.05) is 0 Å². The van der Waals surface area contributed by atoms with Gasteiger partial charge in [-0.1, -0.05) is 26.7 Å². The van der Waals surface area contributed by atoms with Crippen molar-refractivity contribution in [1.29, 1.82) is 5.26 Å². The molecule has 0 aromatic carbocycles. The lowest BCUT2D eigenvalue weighted by Crippen LogP contribution is -2.32. The number of carbonyl (C=O) groups excluding carboxylic acids is 1. The summed E-state index contributed by atoms with van der Waals surface area (Å²) in [4.78, 5) is 12.2. The maximum absolute atomic E-state index is 12.2. The summed E-state index contributed by atoms with van der Waals surface area (Å²) in [6.45, 7) is 4.18. The van der Waals surface area contributed by atoms with Crippen molar-refractivity contribution >= 4 is 5.78 Å². The van der Waals surface area contributed by atoms with Gasteiger partial charge < -0.3 is 10.5 Å². The molecule has 2 aliphatic rings. The first-order valence-electron chi connectivity index (χ1n) is 6.94. The third-order valence-corrected chi connectivity index (χ3v) is 3.96. The normalized spacial score (nSPS) is 24.7. The van der Waals surface area contributed by atoms with Crippen molar-refractivity contribution in [2.75, 3.05) is 0 Å². The van der Waals surface area contributed by atoms with Crippen molar-refractivity contribution in [2.45, 2.75) is 46.0 Å². The standard InChI is InChI=1S/C15H20N2O2/c1-3-5-9(2)13-10(8-16)15(17)19-12-7-4-6-11(18)14(12)13/h9,13H,3-7,17H2,1-2H3. The molecule has 2 N–H and O–H groups in total. The van der Waals surface area contributed by atoms with Crippen LogP contribution in [0, 0.1) is 23.2 Å². The summed E-state index contributed by atoms with van der Waals surface area (Å²) in [5.41, 5.74) is 6.99. The number of nitrogens with zero attached hydrogens (tertiary/aromatic N) is 1. The molecule has 0 aromatic heterocycles. The summed E-state index contributed by atoms with van der Waals surface area (Å²) in [6, 6.07) is 2.14. The van der Waals surface area contributed by atoms with Crippen LogP contribution < -0.4 is 5.73 Å². The number of nitrogens with two attached hydrogens (primary N) is 1. The second kappa shape index (κ2) is 5.48. The zero-order chi connectivity index (χ0) is 14.0. The largest absolute Gasteiger partial charge is 0.444 e. The van der Waals surface area contributed by atoms with Crippen LogP contribution in [0.25, 0.3) is 0 Å². The van der Waals surface area contributed by atoms with Crippen LogP contribution in [0.2, 0.25) is 0 Å². The zero-order valence-electron chi connectivity index (χ0n) is 11.5. The monoisotopic (exact) mass is 260 g/mol. The fourth-order valence-corrected chi connectivity index (χ4v) is 3.09. The van der Waals surface area contributed by atoms with Gasteiger partial charge in [0, 0.05) is 24.3 Å². The molecule has 19 heavy (non-hydrogen) atoms. The van der Waals surface area contributed by atoms with Crippen molar-refractivity contribution in [3.05, 3.63) is 22.8 Å². The third-order valence-electron chi connectivity index (χ3n) is 3.96. The lowest BCUT2D eigenvalue weighted by Gasteiger charge is -2.33. The van der Waals surface area contributed by atoms with Crippen LogP contribution in [-0.2, 0) is 9.53 Å². The van der Waals surface area contributed by atoms with Gasteiger partial charge >= 0.3 is 0 Å². The minimum atomic E-state index is -0.179. The van der Waals surface area contributed by atoms with E-state index in [1.54, 1.807) is 0 Å². The molecule has 2 rings (SSSR count). The lowest BCUT2D eigenvalue weighted by atomic mass is 9.74. The van der Waals surface area contributed by atoms with E-state index >= 15 is 0 Å². The lowest BCUT2D eigenvalue weighted by molar-refractivity contribution is -0.117. The molecule has 2 unspecified atom stereocenters. The van der Waals surface area contributed by atoms with E-state index in [9.17, 15) is 10.1 Å². The maximum atomic E-state index is 12.2. The number of hydrogen-bond acceptors (Lipinski definition) is 4. The van der Waals surface area contributed by atoms with Gasteiger partial charge in [0.15, 0.2) is 5.78 Å². The Morgan fingerprint density at radius 3 is 2.89 bits per heavy atom. The summed E-state index contributed by atoms with van der Waals surface area (Å²) in [5.74, 6) is 1.05. The Balaban J connectivity index is 2.46. The van der Waals surface area contributed by atoms with Gasteiger partial charge in [-0.3, -0.25) is 4.79 Å². The summed E-state index contributed by atoms with van der Waals surface area (Å²) in [7, 11) is 0. The number of ether oxygens (including phenoxy) is 1. The molecular formula is C15H20N2O2. The van der Waals surface area contributed by atoms with Crippen LogP contribution in [0.4, 0.5) is 0 Å². The van der Waals surface area contributed by atoms with E-state index in [2.05, 4.69) is 19.9 Å². The van der Waals surface area contributed by atoms with E-state index < -0.39 is 0 Å². The highest BCUT2D eigenvalue weighted by atomic mass is 16.5. The molecule has 4 heteroatoms. The van der Waals surface area contributed by atoms with Gasteiger partial charge in [0.25, 0.3) is 0 Å². The summed E-state index contributed by atoms with van der Waals surface area (Å²) in [6.07, 6.45) is 4.09. The van der Waals surface area contributed by atoms with Gasteiger partial charge in [-0.25, -0.2) is 0 Å². The molecule has 0 radical (unpaired) electrons. The number of rotatable bonds is 3. The van der Waals surface area contributed by atoms with E-state index in [0.29, 0.717) is 23.3 Å². The quantitative estimate of drug-likeness (QED) is 0.846. The Kier molecular flexibility index (Phi) is 3.94. The number of hydrogen-bond donors (Lipinski definition) is 1. The molecule has 102 valence electrons. The van der Waals surface area contributed by atoms with Crippen molar-refractivity contribution in [3.8, 4) is 6.07 Å². The first-order valence-corrected chi connectivity index (χ1v) is 6.94. The van der Waals surface area contributed by atoms with Gasteiger partial charge in [0.1, 0.15) is 11.8 Å². The molecule has 0 aromatic rings. The fourth-order valence-electron chi connectivity index (χ4n) is 3.09. The molecular weight excluding hydrogens is 240 g/mol. The summed E-state index contributed by atoms with van der Waals surface area (Å²) >= 11 is 0. The molecule has 2 atom stereocenters. The fraction of sp³-hybridized carbons (Fsp3) is 0.600. The molecule has 4 nitrogen and oxygen atoms in total. The molecule has 0 fully saturated rings. The predicted octanol–water partition coefficient (Wildman–Crippen LogP) is 2.77. The smallest absolute Gasteiger partial charge is 0.204 e. The third kappa shape index (κ3) is 2.37. The first kappa shape index (κ1) is 13.7. The van der Waals surface area contributed by atoms with Crippen molar-refractivity contribution < 1.29 is 9.53 Å². The van der Waals surface area contributed by atoms with E-state index in [1.165, 1.54) is 0 Å². The predicted molar refractivity (Wildman–Crippen MR) is 71.4 cm³/mol. The Bertz CT molecular complexity index is 497. The zero-order valence-corrected chi connectivity index (χ0v) is 11.5. The average Bonchev–Trinajstić information content (AvgIpc) is 2.37. The molecule has 0 saturated carbocycles. The van der Waals surface area contributed by atoms with Crippen LogP contribution in [0.15, 0.2) is 22.8 Å². The van der Waals surface area contributed by atoms with Crippen LogP contribution >= 0.6 is 0 Å². The van der Waals surface area contributed by atoms with Crippen LogP contribution in [0.5, 0.6) is 0 Å².